The summed E-state index contributed by atoms with van der Waals surface area (Å²) in [6.45, 7) is 0. The Balaban J connectivity index is 2.12. The van der Waals surface area contributed by atoms with Gasteiger partial charge < -0.3 is 0 Å². The topological polar surface area (TPSA) is 24.7 Å². The monoisotopic (exact) mass is 244 g/mol. The van der Waals surface area contributed by atoms with Crippen LogP contribution in [-0.4, -0.2) is 6.21 Å². The summed E-state index contributed by atoms with van der Waals surface area (Å²) in [5.74, 6) is 0. The van der Waals surface area contributed by atoms with E-state index >= 15 is 0 Å². The van der Waals surface area contributed by atoms with Crippen LogP contribution in [0.2, 0.25) is 0 Å². The maximum atomic E-state index is 4.80. The molecule has 4 rings (SSSR count). The number of rotatable bonds is 0. The molecule has 3 aliphatic rings. The molecule has 0 N–H and O–H groups in total. The summed E-state index contributed by atoms with van der Waals surface area (Å²) < 4.78 is 0. The Labute approximate surface area is 111 Å². The van der Waals surface area contributed by atoms with E-state index < -0.39 is 0 Å². The lowest BCUT2D eigenvalue weighted by atomic mass is 9.97. The van der Waals surface area contributed by atoms with Gasteiger partial charge in [0.05, 0.1) is 16.8 Å². The number of hydrogen-bond acceptors (Lipinski definition) is 2. The van der Waals surface area contributed by atoms with Gasteiger partial charge in [-0.15, -0.1) is 0 Å². The zero-order valence-corrected chi connectivity index (χ0v) is 10.4. The van der Waals surface area contributed by atoms with Crippen LogP contribution in [0.5, 0.6) is 0 Å². The van der Waals surface area contributed by atoms with Gasteiger partial charge in [0, 0.05) is 22.6 Å². The summed E-state index contributed by atoms with van der Waals surface area (Å²) in [6, 6.07) is 8.29. The summed E-state index contributed by atoms with van der Waals surface area (Å²) in [7, 11) is 0. The van der Waals surface area contributed by atoms with Gasteiger partial charge >= 0.3 is 0 Å². The molecule has 0 radical (unpaired) electrons. The first-order chi connectivity index (χ1) is 9.43. The minimum Gasteiger partial charge on any atom is -0.257 e. The molecule has 0 spiro atoms. The third-order valence-electron chi connectivity index (χ3n) is 3.55. The molecule has 0 aromatic heterocycles. The van der Waals surface area contributed by atoms with Crippen LogP contribution in [0, 0.1) is 0 Å². The van der Waals surface area contributed by atoms with Crippen LogP contribution in [0.1, 0.15) is 6.42 Å². The number of aliphatic imine (C=N–C) groups is 1. The normalized spacial score (nSPS) is 19.2. The number of benzene rings is 1. The zero-order chi connectivity index (χ0) is 12.7. The van der Waals surface area contributed by atoms with Gasteiger partial charge in [-0.1, -0.05) is 36.4 Å². The summed E-state index contributed by atoms with van der Waals surface area (Å²) >= 11 is 0. The molecule has 1 aliphatic carbocycles. The van der Waals surface area contributed by atoms with Gasteiger partial charge in [-0.2, -0.15) is 0 Å². The number of allylic oxidation sites excluding steroid dienone is 6. The number of hydrogen-bond donors (Lipinski definition) is 0. The molecule has 0 saturated heterocycles. The molecule has 0 atom stereocenters. The first-order valence-electron chi connectivity index (χ1n) is 6.43. The van der Waals surface area contributed by atoms with E-state index in [2.05, 4.69) is 47.5 Å². The van der Waals surface area contributed by atoms with E-state index in [1.54, 1.807) is 0 Å². The Bertz CT molecular complexity index is 830. The fraction of sp³-hybridized carbons (Fsp3) is 0.0588. The van der Waals surface area contributed by atoms with E-state index in [0.717, 1.165) is 23.2 Å². The predicted octanol–water partition coefficient (Wildman–Crippen LogP) is 2.21. The summed E-state index contributed by atoms with van der Waals surface area (Å²) in [5, 5.41) is 2.27. The average Bonchev–Trinajstić information content (AvgIpc) is 2.79. The van der Waals surface area contributed by atoms with Gasteiger partial charge in [0.15, 0.2) is 0 Å². The minimum absolute atomic E-state index is 0.896. The van der Waals surface area contributed by atoms with Crippen LogP contribution in [0.4, 0.5) is 0 Å². The largest absolute Gasteiger partial charge is 0.257 e. The lowest BCUT2D eigenvalue weighted by molar-refractivity contribution is 1.11. The van der Waals surface area contributed by atoms with Gasteiger partial charge in [0.25, 0.3) is 0 Å². The van der Waals surface area contributed by atoms with Crippen molar-refractivity contribution in [2.24, 2.45) is 9.98 Å². The standard InChI is InChI=1S/C17H12N2/c1-4-10-16-12(6-1)13-8-5-11-18-15-9-3-2-7-14(15)17(13)19-16/h1-6,8-11H,7H2. The number of para-hydroxylation sites is 1. The number of nitrogens with zero attached hydrogens (tertiary/aromatic N) is 2. The van der Waals surface area contributed by atoms with Gasteiger partial charge in [-0.3, -0.25) is 4.99 Å². The second-order valence-electron chi connectivity index (χ2n) is 4.69. The van der Waals surface area contributed by atoms with Crippen molar-refractivity contribution in [1.29, 1.82) is 0 Å². The second kappa shape index (κ2) is 4.02. The van der Waals surface area contributed by atoms with Crippen molar-refractivity contribution < 1.29 is 0 Å². The Morgan fingerprint density at radius 3 is 3.00 bits per heavy atom. The lowest BCUT2D eigenvalue weighted by Crippen LogP contribution is -2.21. The van der Waals surface area contributed by atoms with Crippen molar-refractivity contribution in [2.75, 3.05) is 0 Å². The van der Waals surface area contributed by atoms with Crippen molar-refractivity contribution in [3.63, 3.8) is 0 Å². The molecule has 2 nitrogen and oxygen atoms in total. The Morgan fingerprint density at radius 2 is 2.00 bits per heavy atom. The first-order valence-corrected chi connectivity index (χ1v) is 6.43. The van der Waals surface area contributed by atoms with E-state index in [9.17, 15) is 0 Å². The molecule has 0 amide bonds. The van der Waals surface area contributed by atoms with Crippen molar-refractivity contribution in [3.8, 4) is 0 Å². The summed E-state index contributed by atoms with van der Waals surface area (Å²) in [4.78, 5) is 9.30. The first kappa shape index (κ1) is 10.4. The number of fused-ring (bicyclic) bond motifs is 3. The van der Waals surface area contributed by atoms with Gasteiger partial charge in [-0.05, 0) is 24.6 Å². The van der Waals surface area contributed by atoms with Gasteiger partial charge in [0.2, 0.25) is 0 Å². The van der Waals surface area contributed by atoms with E-state index in [4.69, 9.17) is 4.99 Å². The summed E-state index contributed by atoms with van der Waals surface area (Å²) in [5.41, 5.74) is 4.52. The smallest absolute Gasteiger partial charge is 0.0773 e. The van der Waals surface area contributed by atoms with Crippen LogP contribution < -0.4 is 10.6 Å². The van der Waals surface area contributed by atoms with E-state index in [1.165, 1.54) is 16.4 Å². The molecule has 0 saturated carbocycles. The molecule has 0 fully saturated rings. The van der Waals surface area contributed by atoms with E-state index in [-0.39, 0.29) is 0 Å². The van der Waals surface area contributed by atoms with Gasteiger partial charge in [-0.25, -0.2) is 4.99 Å². The molecule has 2 heteroatoms. The Morgan fingerprint density at radius 1 is 1.05 bits per heavy atom. The highest BCUT2D eigenvalue weighted by molar-refractivity contribution is 5.85. The molecular formula is C17H12N2. The predicted molar refractivity (Wildman–Crippen MR) is 77.1 cm³/mol. The highest BCUT2D eigenvalue weighted by Gasteiger charge is 2.19. The maximum absolute atomic E-state index is 4.80. The van der Waals surface area contributed by atoms with Crippen molar-refractivity contribution in [3.05, 3.63) is 82.2 Å². The molecule has 1 aromatic carbocycles. The van der Waals surface area contributed by atoms with E-state index in [1.807, 2.05) is 18.4 Å². The van der Waals surface area contributed by atoms with Crippen molar-refractivity contribution in [1.82, 2.24) is 0 Å². The molecule has 0 bridgehead atoms. The summed E-state index contributed by atoms with van der Waals surface area (Å²) in [6.07, 6.45) is 13.1. The third kappa shape index (κ3) is 1.57. The average molecular weight is 244 g/mol. The highest BCUT2D eigenvalue weighted by Crippen LogP contribution is 2.31. The Hall–Kier alpha value is -2.48. The van der Waals surface area contributed by atoms with Crippen LogP contribution in [-0.2, 0) is 0 Å². The van der Waals surface area contributed by atoms with Crippen LogP contribution in [0.15, 0.2) is 81.6 Å². The van der Waals surface area contributed by atoms with Crippen LogP contribution >= 0.6 is 0 Å². The van der Waals surface area contributed by atoms with E-state index in [0.29, 0.717) is 0 Å². The van der Waals surface area contributed by atoms with Crippen LogP contribution in [0.3, 0.4) is 0 Å². The zero-order valence-electron chi connectivity index (χ0n) is 10.4. The highest BCUT2D eigenvalue weighted by atomic mass is 14.8. The quantitative estimate of drug-likeness (QED) is 0.668. The fourth-order valence-electron chi connectivity index (χ4n) is 2.66. The Kier molecular flexibility index (Phi) is 2.21. The molecule has 19 heavy (non-hydrogen) atoms. The maximum Gasteiger partial charge on any atom is 0.0773 e. The van der Waals surface area contributed by atoms with Crippen molar-refractivity contribution >= 4 is 11.8 Å². The molecule has 0 unspecified atom stereocenters. The second-order valence-corrected chi connectivity index (χ2v) is 4.69. The molecule has 2 aliphatic heterocycles. The lowest BCUT2D eigenvalue weighted by Gasteiger charge is -2.14. The molecule has 90 valence electrons. The molecular weight excluding hydrogens is 232 g/mol. The third-order valence-corrected chi connectivity index (χ3v) is 3.55. The minimum atomic E-state index is 0.896. The van der Waals surface area contributed by atoms with Gasteiger partial charge in [0.1, 0.15) is 0 Å². The van der Waals surface area contributed by atoms with Crippen molar-refractivity contribution in [2.45, 2.75) is 6.42 Å². The SMILES string of the molecule is C1=CCC2=C3N=c4ccccc4=C3C=CC=NC2=C1. The fourth-order valence-corrected chi connectivity index (χ4v) is 2.66. The molecule has 1 aromatic rings. The van der Waals surface area contributed by atoms with Crippen LogP contribution in [0.25, 0.3) is 5.57 Å². The molecule has 2 heterocycles.